The Morgan fingerprint density at radius 1 is 1.47 bits per heavy atom. The van der Waals surface area contributed by atoms with Crippen molar-refractivity contribution < 1.29 is 4.79 Å². The van der Waals surface area contributed by atoms with Crippen molar-refractivity contribution in [3.8, 4) is 0 Å². The number of aromatic amines is 1. The maximum Gasteiger partial charge on any atom is 0.272 e. The fourth-order valence-electron chi connectivity index (χ4n) is 1.58. The number of tetrazole rings is 1. The minimum Gasteiger partial charge on any atom is -0.338 e. The standard InChI is InChI=1S/C11H17N7O/c1-7(2)18-6-5-8(15-18)9(19)12-11(3,4)10-13-16-17-14-10/h5-7H,1-4H3,(H,12,19)(H,13,14,16,17). The molecule has 0 aromatic carbocycles. The second-order valence-corrected chi connectivity index (χ2v) is 5.09. The van der Waals surface area contributed by atoms with Crippen molar-refractivity contribution in [2.45, 2.75) is 39.3 Å². The molecule has 0 spiro atoms. The topological polar surface area (TPSA) is 101 Å². The summed E-state index contributed by atoms with van der Waals surface area (Å²) in [6.07, 6.45) is 1.78. The molecule has 0 fully saturated rings. The highest BCUT2D eigenvalue weighted by molar-refractivity contribution is 5.92. The van der Waals surface area contributed by atoms with Gasteiger partial charge in [-0.1, -0.05) is 5.21 Å². The summed E-state index contributed by atoms with van der Waals surface area (Å²) < 4.78 is 1.73. The van der Waals surface area contributed by atoms with Crippen LogP contribution < -0.4 is 5.32 Å². The Hall–Kier alpha value is -2.25. The van der Waals surface area contributed by atoms with Crippen LogP contribution in [0, 0.1) is 0 Å². The van der Waals surface area contributed by atoms with E-state index in [-0.39, 0.29) is 11.9 Å². The normalized spacial score (nSPS) is 11.8. The van der Waals surface area contributed by atoms with Crippen LogP contribution in [0.3, 0.4) is 0 Å². The van der Waals surface area contributed by atoms with Crippen LogP contribution in [0.4, 0.5) is 0 Å². The van der Waals surface area contributed by atoms with E-state index in [1.165, 1.54) is 0 Å². The van der Waals surface area contributed by atoms with Gasteiger partial charge in [-0.25, -0.2) is 0 Å². The van der Waals surface area contributed by atoms with Crippen LogP contribution in [0.5, 0.6) is 0 Å². The third-order valence-electron chi connectivity index (χ3n) is 2.70. The summed E-state index contributed by atoms with van der Waals surface area (Å²) in [5, 5.41) is 20.7. The molecule has 0 saturated carbocycles. The lowest BCUT2D eigenvalue weighted by Gasteiger charge is -2.21. The molecule has 2 aromatic heterocycles. The number of carbonyl (C=O) groups is 1. The molecule has 8 heteroatoms. The number of nitrogens with zero attached hydrogens (tertiary/aromatic N) is 5. The zero-order valence-corrected chi connectivity index (χ0v) is 11.4. The Bertz CT molecular complexity index is 555. The molecule has 0 bridgehead atoms. The molecule has 0 saturated heterocycles. The average Bonchev–Trinajstić information content (AvgIpc) is 3.00. The molecule has 0 unspecified atom stereocenters. The summed E-state index contributed by atoms with van der Waals surface area (Å²) in [5.74, 6) is 0.151. The summed E-state index contributed by atoms with van der Waals surface area (Å²) in [6.45, 7) is 7.60. The molecule has 0 aliphatic carbocycles. The number of nitrogens with one attached hydrogen (secondary N) is 2. The molecule has 2 rings (SSSR count). The molecule has 2 heterocycles. The predicted octanol–water partition coefficient (Wildman–Crippen LogP) is 0.642. The molecule has 8 nitrogen and oxygen atoms in total. The van der Waals surface area contributed by atoms with Crippen LogP contribution in [0.1, 0.15) is 50.0 Å². The van der Waals surface area contributed by atoms with Crippen molar-refractivity contribution in [2.75, 3.05) is 0 Å². The average molecular weight is 263 g/mol. The smallest absolute Gasteiger partial charge is 0.272 e. The van der Waals surface area contributed by atoms with Gasteiger partial charge in [0, 0.05) is 12.2 Å². The molecular formula is C11H17N7O. The van der Waals surface area contributed by atoms with Gasteiger partial charge in [0.2, 0.25) is 0 Å². The minimum absolute atomic E-state index is 0.215. The zero-order chi connectivity index (χ0) is 14.0. The van der Waals surface area contributed by atoms with Gasteiger partial charge in [-0.3, -0.25) is 9.48 Å². The lowest BCUT2D eigenvalue weighted by molar-refractivity contribution is 0.0902. The van der Waals surface area contributed by atoms with E-state index >= 15 is 0 Å². The highest BCUT2D eigenvalue weighted by atomic mass is 16.2. The SMILES string of the molecule is CC(C)n1ccc(C(=O)NC(C)(C)c2nn[nH]n2)n1. The first-order chi connectivity index (χ1) is 8.90. The fourth-order valence-corrected chi connectivity index (χ4v) is 1.58. The van der Waals surface area contributed by atoms with Gasteiger partial charge in [-0.2, -0.15) is 10.3 Å². The quantitative estimate of drug-likeness (QED) is 0.843. The summed E-state index contributed by atoms with van der Waals surface area (Å²) in [7, 11) is 0. The third-order valence-corrected chi connectivity index (χ3v) is 2.70. The Labute approximate surface area is 110 Å². The molecule has 2 aromatic rings. The van der Waals surface area contributed by atoms with Gasteiger partial charge in [-0.15, -0.1) is 10.2 Å². The first-order valence-corrected chi connectivity index (χ1v) is 6.02. The molecule has 1 amide bonds. The molecule has 19 heavy (non-hydrogen) atoms. The summed E-state index contributed by atoms with van der Waals surface area (Å²) in [6, 6.07) is 1.90. The van der Waals surface area contributed by atoms with E-state index in [9.17, 15) is 4.79 Å². The lowest BCUT2D eigenvalue weighted by atomic mass is 10.0. The van der Waals surface area contributed by atoms with Crippen LogP contribution in [0.25, 0.3) is 0 Å². The molecule has 0 aliphatic heterocycles. The van der Waals surface area contributed by atoms with Crippen LogP contribution in [-0.4, -0.2) is 36.3 Å². The second-order valence-electron chi connectivity index (χ2n) is 5.09. The highest BCUT2D eigenvalue weighted by Crippen LogP contribution is 2.15. The molecule has 2 N–H and O–H groups in total. The Kier molecular flexibility index (Phi) is 3.32. The monoisotopic (exact) mass is 263 g/mol. The zero-order valence-electron chi connectivity index (χ0n) is 11.4. The van der Waals surface area contributed by atoms with E-state index in [4.69, 9.17) is 0 Å². The maximum atomic E-state index is 12.1. The van der Waals surface area contributed by atoms with Gasteiger partial charge in [0.15, 0.2) is 5.82 Å². The van der Waals surface area contributed by atoms with Gasteiger partial charge < -0.3 is 5.32 Å². The first kappa shape index (κ1) is 13.2. The largest absolute Gasteiger partial charge is 0.338 e. The van der Waals surface area contributed by atoms with E-state index in [0.717, 1.165) is 0 Å². The second kappa shape index (κ2) is 4.79. The number of hydrogen-bond acceptors (Lipinski definition) is 5. The number of carbonyl (C=O) groups excluding carboxylic acids is 1. The molecular weight excluding hydrogens is 246 g/mol. The van der Waals surface area contributed by atoms with E-state index in [1.54, 1.807) is 30.8 Å². The lowest BCUT2D eigenvalue weighted by Crippen LogP contribution is -2.42. The van der Waals surface area contributed by atoms with E-state index in [2.05, 4.69) is 31.0 Å². The third kappa shape index (κ3) is 2.78. The summed E-state index contributed by atoms with van der Waals surface area (Å²) in [4.78, 5) is 12.1. The van der Waals surface area contributed by atoms with Crippen LogP contribution >= 0.6 is 0 Å². The maximum absolute atomic E-state index is 12.1. The molecule has 0 radical (unpaired) electrons. The first-order valence-electron chi connectivity index (χ1n) is 6.02. The number of hydrogen-bond donors (Lipinski definition) is 2. The van der Waals surface area contributed by atoms with Crippen LogP contribution in [0.15, 0.2) is 12.3 Å². The Balaban J connectivity index is 2.12. The van der Waals surface area contributed by atoms with Gasteiger partial charge in [0.1, 0.15) is 5.69 Å². The van der Waals surface area contributed by atoms with Gasteiger partial charge in [0.25, 0.3) is 5.91 Å². The van der Waals surface area contributed by atoms with Gasteiger partial charge >= 0.3 is 0 Å². The minimum atomic E-state index is -0.717. The number of H-pyrrole nitrogens is 1. The molecule has 0 aliphatic rings. The van der Waals surface area contributed by atoms with Crippen LogP contribution in [0.2, 0.25) is 0 Å². The van der Waals surface area contributed by atoms with Crippen molar-refractivity contribution in [1.29, 1.82) is 0 Å². The predicted molar refractivity (Wildman–Crippen MR) is 67.3 cm³/mol. The Morgan fingerprint density at radius 2 is 2.21 bits per heavy atom. The number of rotatable bonds is 4. The number of aromatic nitrogens is 6. The summed E-state index contributed by atoms with van der Waals surface area (Å²) >= 11 is 0. The van der Waals surface area contributed by atoms with E-state index < -0.39 is 5.54 Å². The van der Waals surface area contributed by atoms with Crippen molar-refractivity contribution in [1.82, 2.24) is 35.7 Å². The molecule has 102 valence electrons. The number of amides is 1. The Morgan fingerprint density at radius 3 is 2.74 bits per heavy atom. The highest BCUT2D eigenvalue weighted by Gasteiger charge is 2.28. The van der Waals surface area contributed by atoms with Gasteiger partial charge in [-0.05, 0) is 33.8 Å². The van der Waals surface area contributed by atoms with Crippen molar-refractivity contribution in [3.05, 3.63) is 23.8 Å². The summed E-state index contributed by atoms with van der Waals surface area (Å²) in [5.41, 5.74) is -0.351. The van der Waals surface area contributed by atoms with Crippen molar-refractivity contribution >= 4 is 5.91 Å². The van der Waals surface area contributed by atoms with E-state index in [0.29, 0.717) is 11.5 Å². The fraction of sp³-hybridized carbons (Fsp3) is 0.545. The van der Waals surface area contributed by atoms with Crippen LogP contribution in [-0.2, 0) is 5.54 Å². The molecule has 0 atom stereocenters. The van der Waals surface area contributed by atoms with Gasteiger partial charge in [0.05, 0.1) is 5.54 Å². The van der Waals surface area contributed by atoms with Crippen molar-refractivity contribution in [2.24, 2.45) is 0 Å². The van der Waals surface area contributed by atoms with Crippen molar-refractivity contribution in [3.63, 3.8) is 0 Å². The van der Waals surface area contributed by atoms with E-state index in [1.807, 2.05) is 13.8 Å².